The molecule has 1 fully saturated rings. The van der Waals surface area contributed by atoms with Crippen LogP contribution in [0, 0.1) is 0 Å². The van der Waals surface area contributed by atoms with E-state index in [1.807, 2.05) is 11.8 Å². The SMILES string of the molecule is CCSCCN1CCCCCC1CO. The normalized spacial score (nSPS) is 24.9. The van der Waals surface area contributed by atoms with Crippen molar-refractivity contribution in [2.75, 3.05) is 31.2 Å². The predicted molar refractivity (Wildman–Crippen MR) is 63.9 cm³/mol. The smallest absolute Gasteiger partial charge is 0.0586 e. The number of thioether (sulfide) groups is 1. The van der Waals surface area contributed by atoms with Gasteiger partial charge in [-0.3, -0.25) is 4.90 Å². The van der Waals surface area contributed by atoms with Crippen molar-refractivity contribution in [3.8, 4) is 0 Å². The van der Waals surface area contributed by atoms with E-state index in [9.17, 15) is 5.11 Å². The fourth-order valence-electron chi connectivity index (χ4n) is 2.06. The second kappa shape index (κ2) is 7.55. The topological polar surface area (TPSA) is 23.5 Å². The molecule has 1 saturated heterocycles. The number of hydrogen-bond acceptors (Lipinski definition) is 3. The van der Waals surface area contributed by atoms with E-state index < -0.39 is 0 Å². The van der Waals surface area contributed by atoms with Gasteiger partial charge in [0.1, 0.15) is 0 Å². The highest BCUT2D eigenvalue weighted by molar-refractivity contribution is 7.99. The molecule has 0 aromatic rings. The number of rotatable bonds is 5. The van der Waals surface area contributed by atoms with Crippen LogP contribution in [0.1, 0.15) is 32.6 Å². The maximum Gasteiger partial charge on any atom is 0.0586 e. The van der Waals surface area contributed by atoms with Gasteiger partial charge in [-0.05, 0) is 25.1 Å². The van der Waals surface area contributed by atoms with Crippen LogP contribution in [-0.4, -0.2) is 47.3 Å². The minimum Gasteiger partial charge on any atom is -0.395 e. The predicted octanol–water partition coefficient (Wildman–Crippen LogP) is 1.98. The lowest BCUT2D eigenvalue weighted by Crippen LogP contribution is -2.38. The van der Waals surface area contributed by atoms with Crippen LogP contribution in [-0.2, 0) is 0 Å². The van der Waals surface area contributed by atoms with Crippen molar-refractivity contribution < 1.29 is 5.11 Å². The van der Waals surface area contributed by atoms with E-state index in [0.717, 1.165) is 6.54 Å². The number of nitrogens with zero attached hydrogens (tertiary/aromatic N) is 1. The van der Waals surface area contributed by atoms with E-state index in [1.165, 1.54) is 43.7 Å². The highest BCUT2D eigenvalue weighted by Gasteiger charge is 2.19. The lowest BCUT2D eigenvalue weighted by Gasteiger charge is -2.28. The molecule has 2 nitrogen and oxygen atoms in total. The van der Waals surface area contributed by atoms with Crippen LogP contribution in [0.5, 0.6) is 0 Å². The third-order valence-corrected chi connectivity index (χ3v) is 3.82. The number of likely N-dealkylation sites (tertiary alicyclic amines) is 1. The van der Waals surface area contributed by atoms with Crippen molar-refractivity contribution in [2.45, 2.75) is 38.6 Å². The molecule has 0 spiro atoms. The van der Waals surface area contributed by atoms with Gasteiger partial charge in [-0.15, -0.1) is 0 Å². The summed E-state index contributed by atoms with van der Waals surface area (Å²) in [6.07, 6.45) is 5.14. The Morgan fingerprint density at radius 3 is 2.93 bits per heavy atom. The third kappa shape index (κ3) is 4.20. The van der Waals surface area contributed by atoms with E-state index in [0.29, 0.717) is 12.6 Å². The molecule has 14 heavy (non-hydrogen) atoms. The summed E-state index contributed by atoms with van der Waals surface area (Å²) < 4.78 is 0. The van der Waals surface area contributed by atoms with Gasteiger partial charge < -0.3 is 5.11 Å². The summed E-state index contributed by atoms with van der Waals surface area (Å²) >= 11 is 2.00. The number of aliphatic hydroxyl groups excluding tert-OH is 1. The van der Waals surface area contributed by atoms with Gasteiger partial charge in [0, 0.05) is 18.3 Å². The summed E-state index contributed by atoms with van der Waals surface area (Å²) in [6.45, 7) is 4.90. The Hall–Kier alpha value is 0.270. The minimum atomic E-state index is 0.344. The highest BCUT2D eigenvalue weighted by Crippen LogP contribution is 2.16. The quantitative estimate of drug-likeness (QED) is 0.712. The van der Waals surface area contributed by atoms with E-state index >= 15 is 0 Å². The maximum absolute atomic E-state index is 9.29. The second-order valence-electron chi connectivity index (χ2n) is 3.92. The molecule has 1 aliphatic heterocycles. The molecule has 0 bridgehead atoms. The number of aliphatic hydroxyl groups is 1. The fourth-order valence-corrected chi connectivity index (χ4v) is 2.72. The van der Waals surface area contributed by atoms with Crippen LogP contribution in [0.25, 0.3) is 0 Å². The van der Waals surface area contributed by atoms with Gasteiger partial charge in [0.05, 0.1) is 6.61 Å². The molecule has 84 valence electrons. The molecule has 1 N–H and O–H groups in total. The molecule has 0 aromatic carbocycles. The third-order valence-electron chi connectivity index (χ3n) is 2.94. The Kier molecular flexibility index (Phi) is 6.65. The molecule has 0 amide bonds. The van der Waals surface area contributed by atoms with Crippen molar-refractivity contribution in [1.29, 1.82) is 0 Å². The zero-order valence-electron chi connectivity index (χ0n) is 9.24. The number of hydrogen-bond donors (Lipinski definition) is 1. The highest BCUT2D eigenvalue weighted by atomic mass is 32.2. The van der Waals surface area contributed by atoms with E-state index in [-0.39, 0.29) is 0 Å². The zero-order valence-corrected chi connectivity index (χ0v) is 10.1. The Morgan fingerprint density at radius 2 is 2.21 bits per heavy atom. The van der Waals surface area contributed by atoms with Crippen LogP contribution in [0.4, 0.5) is 0 Å². The Bertz CT molecular complexity index is 143. The van der Waals surface area contributed by atoms with Crippen LogP contribution in [0.15, 0.2) is 0 Å². The van der Waals surface area contributed by atoms with Gasteiger partial charge in [0.15, 0.2) is 0 Å². The average molecular weight is 217 g/mol. The standard InChI is InChI=1S/C11H23NOS/c1-2-14-9-8-12-7-5-3-4-6-11(12)10-13/h11,13H,2-10H2,1H3. The molecule has 0 radical (unpaired) electrons. The van der Waals surface area contributed by atoms with Crippen molar-refractivity contribution in [1.82, 2.24) is 4.90 Å². The summed E-state index contributed by atoms with van der Waals surface area (Å²) in [5.74, 6) is 2.42. The van der Waals surface area contributed by atoms with Crippen LogP contribution in [0.2, 0.25) is 0 Å². The molecule has 1 unspecified atom stereocenters. The maximum atomic E-state index is 9.29. The van der Waals surface area contributed by atoms with Gasteiger partial charge in [-0.2, -0.15) is 11.8 Å². The van der Waals surface area contributed by atoms with Crippen LogP contribution in [0.3, 0.4) is 0 Å². The molecule has 1 heterocycles. The largest absolute Gasteiger partial charge is 0.395 e. The monoisotopic (exact) mass is 217 g/mol. The Balaban J connectivity index is 2.28. The fraction of sp³-hybridized carbons (Fsp3) is 1.00. The molecular formula is C11H23NOS. The van der Waals surface area contributed by atoms with Gasteiger partial charge >= 0.3 is 0 Å². The van der Waals surface area contributed by atoms with E-state index in [2.05, 4.69) is 11.8 Å². The molecule has 0 aromatic heterocycles. The Morgan fingerprint density at radius 1 is 1.36 bits per heavy atom. The molecule has 1 rings (SSSR count). The summed E-state index contributed by atoms with van der Waals surface area (Å²) in [5.41, 5.74) is 0. The molecule has 1 aliphatic rings. The van der Waals surface area contributed by atoms with Crippen LogP contribution < -0.4 is 0 Å². The lowest BCUT2D eigenvalue weighted by atomic mass is 10.1. The lowest BCUT2D eigenvalue weighted by molar-refractivity contribution is 0.131. The summed E-state index contributed by atoms with van der Waals surface area (Å²) in [6, 6.07) is 0.440. The summed E-state index contributed by atoms with van der Waals surface area (Å²) in [5, 5.41) is 9.29. The van der Waals surface area contributed by atoms with Crippen molar-refractivity contribution in [2.24, 2.45) is 0 Å². The second-order valence-corrected chi connectivity index (χ2v) is 5.31. The van der Waals surface area contributed by atoms with E-state index in [1.54, 1.807) is 0 Å². The average Bonchev–Trinajstić information content (AvgIpc) is 2.43. The van der Waals surface area contributed by atoms with Gasteiger partial charge in [0.25, 0.3) is 0 Å². The molecule has 3 heteroatoms. The summed E-state index contributed by atoms with van der Waals surface area (Å²) in [4.78, 5) is 2.48. The van der Waals surface area contributed by atoms with E-state index in [4.69, 9.17) is 0 Å². The minimum absolute atomic E-state index is 0.344. The molecule has 1 atom stereocenters. The van der Waals surface area contributed by atoms with Crippen LogP contribution >= 0.6 is 11.8 Å². The first kappa shape index (κ1) is 12.3. The molecule has 0 saturated carbocycles. The van der Waals surface area contributed by atoms with Gasteiger partial charge in [0.2, 0.25) is 0 Å². The first-order valence-electron chi connectivity index (χ1n) is 5.81. The van der Waals surface area contributed by atoms with Crippen molar-refractivity contribution in [3.63, 3.8) is 0 Å². The summed E-state index contributed by atoms with van der Waals surface area (Å²) in [7, 11) is 0. The van der Waals surface area contributed by atoms with Gasteiger partial charge in [-0.1, -0.05) is 19.8 Å². The zero-order chi connectivity index (χ0) is 10.2. The van der Waals surface area contributed by atoms with Crippen molar-refractivity contribution >= 4 is 11.8 Å². The first-order chi connectivity index (χ1) is 6.88. The molecular weight excluding hydrogens is 194 g/mol. The first-order valence-corrected chi connectivity index (χ1v) is 6.96. The molecule has 0 aliphatic carbocycles. The van der Waals surface area contributed by atoms with Crippen molar-refractivity contribution in [3.05, 3.63) is 0 Å². The van der Waals surface area contributed by atoms with Gasteiger partial charge in [-0.25, -0.2) is 0 Å². The Labute approximate surface area is 92.1 Å².